The average molecular weight is 306 g/mol. The summed E-state index contributed by atoms with van der Waals surface area (Å²) in [7, 11) is 0. The van der Waals surface area contributed by atoms with Gasteiger partial charge in [-0.2, -0.15) is 5.10 Å². The molecule has 0 saturated carbocycles. The van der Waals surface area contributed by atoms with Crippen molar-refractivity contribution in [1.29, 1.82) is 0 Å². The van der Waals surface area contributed by atoms with Gasteiger partial charge < -0.3 is 15.7 Å². The number of aromatic nitrogens is 2. The Hall–Kier alpha value is -1.73. The lowest BCUT2D eigenvalue weighted by Crippen LogP contribution is -2.39. The molecule has 6 nitrogen and oxygen atoms in total. The number of thiophene rings is 1. The molecule has 1 saturated heterocycles. The van der Waals surface area contributed by atoms with Gasteiger partial charge in [0.1, 0.15) is 9.71 Å². The number of amides is 1. The summed E-state index contributed by atoms with van der Waals surface area (Å²) in [6.45, 7) is 4.96. The molecule has 0 unspecified atom stereocenters. The Morgan fingerprint density at radius 3 is 2.67 bits per heavy atom. The van der Waals surface area contributed by atoms with Crippen LogP contribution in [-0.4, -0.2) is 45.3 Å². The van der Waals surface area contributed by atoms with Gasteiger partial charge in [0, 0.05) is 18.5 Å². The van der Waals surface area contributed by atoms with E-state index in [-0.39, 0.29) is 12.0 Å². The number of fused-ring (bicyclic) bond motifs is 1. The molecule has 0 atom stereocenters. The lowest BCUT2D eigenvalue weighted by Gasteiger charge is -2.29. The van der Waals surface area contributed by atoms with Gasteiger partial charge in [0.05, 0.1) is 17.5 Å². The summed E-state index contributed by atoms with van der Waals surface area (Å²) in [4.78, 5) is 15.6. The Morgan fingerprint density at radius 2 is 2.00 bits per heavy atom. The molecular weight excluding hydrogens is 288 g/mol. The lowest BCUT2D eigenvalue weighted by atomic mass is 10.1. The summed E-state index contributed by atoms with van der Waals surface area (Å²) in [6, 6.07) is 0. The second-order valence-electron chi connectivity index (χ2n) is 5.46. The Balaban J connectivity index is 1.99. The van der Waals surface area contributed by atoms with Crippen molar-refractivity contribution in [3.8, 4) is 0 Å². The van der Waals surface area contributed by atoms with Gasteiger partial charge in [0.2, 0.25) is 0 Å². The van der Waals surface area contributed by atoms with E-state index in [1.807, 2.05) is 13.8 Å². The van der Waals surface area contributed by atoms with Crippen molar-refractivity contribution in [3.05, 3.63) is 16.1 Å². The number of rotatable bonds is 1. The number of nitrogens with two attached hydrogens (primary N) is 1. The molecule has 1 amide bonds. The number of nitrogens with zero attached hydrogens (tertiary/aromatic N) is 3. The van der Waals surface area contributed by atoms with Crippen molar-refractivity contribution < 1.29 is 9.90 Å². The number of aliphatic hydroxyl groups is 1. The molecule has 0 aliphatic carbocycles. The van der Waals surface area contributed by atoms with E-state index >= 15 is 0 Å². The average Bonchev–Trinajstić information content (AvgIpc) is 2.81. The SMILES string of the molecule is Cc1nnc2sc(C(=O)N3CCC(O)CC3)c(N)c2c1C. The van der Waals surface area contributed by atoms with E-state index in [4.69, 9.17) is 5.73 Å². The molecule has 2 aromatic rings. The Labute approximate surface area is 126 Å². The van der Waals surface area contributed by atoms with Crippen LogP contribution in [-0.2, 0) is 0 Å². The maximum absolute atomic E-state index is 12.6. The monoisotopic (exact) mass is 306 g/mol. The summed E-state index contributed by atoms with van der Waals surface area (Å²) in [5.74, 6) is -0.0700. The molecule has 0 radical (unpaired) electrons. The van der Waals surface area contributed by atoms with E-state index in [2.05, 4.69) is 10.2 Å². The second-order valence-corrected chi connectivity index (χ2v) is 6.46. The van der Waals surface area contributed by atoms with Crippen molar-refractivity contribution in [2.45, 2.75) is 32.8 Å². The fraction of sp³-hybridized carbons (Fsp3) is 0.500. The van der Waals surface area contributed by atoms with Crippen LogP contribution in [0, 0.1) is 13.8 Å². The van der Waals surface area contributed by atoms with Crippen molar-refractivity contribution >= 4 is 33.1 Å². The third-order valence-electron chi connectivity index (χ3n) is 4.08. The maximum atomic E-state index is 12.6. The third kappa shape index (κ3) is 2.36. The number of aliphatic hydroxyl groups excluding tert-OH is 1. The molecule has 0 bridgehead atoms. The van der Waals surface area contributed by atoms with Crippen LogP contribution in [0.15, 0.2) is 0 Å². The van der Waals surface area contributed by atoms with Crippen LogP contribution >= 0.6 is 11.3 Å². The van der Waals surface area contributed by atoms with E-state index in [0.717, 1.165) is 16.6 Å². The largest absolute Gasteiger partial charge is 0.397 e. The zero-order chi connectivity index (χ0) is 15.1. The predicted octanol–water partition coefficient (Wildman–Crippen LogP) is 1.49. The zero-order valence-corrected chi connectivity index (χ0v) is 12.9. The molecule has 7 heteroatoms. The molecule has 0 spiro atoms. The summed E-state index contributed by atoms with van der Waals surface area (Å²) in [6.07, 6.45) is 0.938. The lowest BCUT2D eigenvalue weighted by molar-refractivity contribution is 0.0551. The summed E-state index contributed by atoms with van der Waals surface area (Å²) >= 11 is 1.30. The van der Waals surface area contributed by atoms with Crippen LogP contribution in [0.3, 0.4) is 0 Å². The molecule has 3 heterocycles. The second kappa shape index (κ2) is 5.23. The highest BCUT2D eigenvalue weighted by atomic mass is 32.1. The molecule has 1 fully saturated rings. The molecule has 3 rings (SSSR count). The van der Waals surface area contributed by atoms with Crippen molar-refractivity contribution in [3.63, 3.8) is 0 Å². The van der Waals surface area contributed by atoms with Crippen molar-refractivity contribution in [1.82, 2.24) is 15.1 Å². The molecule has 3 N–H and O–H groups in total. The van der Waals surface area contributed by atoms with Crippen LogP contribution in [0.1, 0.15) is 33.8 Å². The smallest absolute Gasteiger partial charge is 0.266 e. The number of aryl methyl sites for hydroxylation is 2. The highest BCUT2D eigenvalue weighted by Crippen LogP contribution is 2.35. The number of anilines is 1. The number of carbonyl (C=O) groups excluding carboxylic acids is 1. The highest BCUT2D eigenvalue weighted by molar-refractivity contribution is 7.21. The summed E-state index contributed by atoms with van der Waals surface area (Å²) in [5, 5.41) is 18.6. The fourth-order valence-corrected chi connectivity index (χ4v) is 3.68. The standard InChI is InChI=1S/C14H18N4O2S/c1-7-8(2)16-17-13-10(7)11(15)12(21-13)14(20)18-5-3-9(19)4-6-18/h9,19H,3-6,15H2,1-2H3. The van der Waals surface area contributed by atoms with E-state index in [1.54, 1.807) is 4.90 Å². The van der Waals surface area contributed by atoms with Gasteiger partial charge in [0.25, 0.3) is 5.91 Å². The van der Waals surface area contributed by atoms with Gasteiger partial charge in [-0.15, -0.1) is 16.4 Å². The first-order valence-corrected chi connectivity index (χ1v) is 7.80. The summed E-state index contributed by atoms with van der Waals surface area (Å²) in [5.41, 5.74) is 8.49. The quantitative estimate of drug-likeness (QED) is 0.832. The third-order valence-corrected chi connectivity index (χ3v) is 5.16. The molecule has 0 aromatic carbocycles. The molecule has 2 aromatic heterocycles. The minimum absolute atomic E-state index is 0.0700. The van der Waals surface area contributed by atoms with Crippen molar-refractivity contribution in [2.24, 2.45) is 0 Å². The summed E-state index contributed by atoms with van der Waals surface area (Å²) < 4.78 is 0. The molecular formula is C14H18N4O2S. The number of likely N-dealkylation sites (tertiary alicyclic amines) is 1. The van der Waals surface area contributed by atoms with Crippen LogP contribution < -0.4 is 5.73 Å². The fourth-order valence-electron chi connectivity index (χ4n) is 2.61. The van der Waals surface area contributed by atoms with Gasteiger partial charge in [-0.05, 0) is 32.3 Å². The highest BCUT2D eigenvalue weighted by Gasteiger charge is 2.27. The van der Waals surface area contributed by atoms with Crippen LogP contribution in [0.5, 0.6) is 0 Å². The molecule has 1 aliphatic rings. The number of piperidine rings is 1. The first-order chi connectivity index (χ1) is 9.99. The molecule has 21 heavy (non-hydrogen) atoms. The van der Waals surface area contributed by atoms with E-state index in [9.17, 15) is 9.90 Å². The topological polar surface area (TPSA) is 92.3 Å². The van der Waals surface area contributed by atoms with Gasteiger partial charge in [-0.3, -0.25) is 4.79 Å². The van der Waals surface area contributed by atoms with Crippen molar-refractivity contribution in [2.75, 3.05) is 18.8 Å². The van der Waals surface area contributed by atoms with Gasteiger partial charge in [-0.25, -0.2) is 0 Å². The minimum Gasteiger partial charge on any atom is -0.397 e. The van der Waals surface area contributed by atoms with E-state index in [1.165, 1.54) is 11.3 Å². The first-order valence-electron chi connectivity index (χ1n) is 6.98. The van der Waals surface area contributed by atoms with Crippen LogP contribution in [0.4, 0.5) is 5.69 Å². The Bertz CT molecular complexity index is 705. The number of nitrogen functional groups attached to an aromatic ring is 1. The maximum Gasteiger partial charge on any atom is 0.266 e. The normalized spacial score (nSPS) is 16.6. The zero-order valence-electron chi connectivity index (χ0n) is 12.1. The van der Waals surface area contributed by atoms with Crippen LogP contribution in [0.25, 0.3) is 10.2 Å². The predicted molar refractivity (Wildman–Crippen MR) is 82.4 cm³/mol. The first kappa shape index (κ1) is 14.2. The molecule has 1 aliphatic heterocycles. The Kier molecular flexibility index (Phi) is 3.54. The Morgan fingerprint density at radius 1 is 1.33 bits per heavy atom. The van der Waals surface area contributed by atoms with Gasteiger partial charge in [0.15, 0.2) is 0 Å². The minimum atomic E-state index is -0.301. The number of carbonyl (C=O) groups is 1. The number of hydrogen-bond donors (Lipinski definition) is 2. The van der Waals surface area contributed by atoms with Gasteiger partial charge >= 0.3 is 0 Å². The van der Waals surface area contributed by atoms with E-state index in [0.29, 0.717) is 41.3 Å². The van der Waals surface area contributed by atoms with Crippen LogP contribution in [0.2, 0.25) is 0 Å². The molecule has 112 valence electrons. The number of hydrogen-bond acceptors (Lipinski definition) is 6. The van der Waals surface area contributed by atoms with E-state index < -0.39 is 0 Å². The van der Waals surface area contributed by atoms with Gasteiger partial charge in [-0.1, -0.05) is 0 Å².